The Morgan fingerprint density at radius 2 is 1.90 bits per heavy atom. The molecule has 0 saturated heterocycles. The van der Waals surface area contributed by atoms with Crippen LogP contribution in [-0.4, -0.2) is 40.4 Å². The van der Waals surface area contributed by atoms with Crippen LogP contribution in [-0.2, 0) is 14.4 Å². The summed E-state index contributed by atoms with van der Waals surface area (Å²) in [6.07, 6.45) is 0.759. The number of amides is 2. The summed E-state index contributed by atoms with van der Waals surface area (Å²) in [6.45, 7) is 5.99. The molecule has 0 aliphatic carbocycles. The lowest BCUT2D eigenvalue weighted by Crippen LogP contribution is -2.39. The topological polar surface area (TPSA) is 109 Å². The van der Waals surface area contributed by atoms with E-state index in [0.29, 0.717) is 12.2 Å². The first kappa shape index (κ1) is 18.8. The van der Waals surface area contributed by atoms with Gasteiger partial charge in [0.25, 0.3) is 0 Å². The smallest absolute Gasteiger partial charge is 0.305 e. The van der Waals surface area contributed by atoms with Crippen LogP contribution in [0.25, 0.3) is 0 Å². The van der Waals surface area contributed by atoms with Crippen LogP contribution in [0.5, 0.6) is 0 Å². The van der Waals surface area contributed by atoms with Crippen LogP contribution in [0, 0.1) is 5.41 Å². The van der Waals surface area contributed by atoms with E-state index in [-0.39, 0.29) is 36.0 Å². The van der Waals surface area contributed by atoms with Gasteiger partial charge in [-0.15, -0.1) is 0 Å². The third kappa shape index (κ3) is 11.8. The number of rotatable bonds is 9. The summed E-state index contributed by atoms with van der Waals surface area (Å²) in [5, 5.41) is 11.6. The number of primary amides is 1. The minimum absolute atomic E-state index is 0.0614. The molecule has 116 valence electrons. The zero-order valence-corrected chi connectivity index (χ0v) is 13.1. The molecule has 0 spiro atoms. The number of carboxylic acid groups (broad SMARTS) is 1. The highest BCUT2D eigenvalue weighted by Gasteiger charge is 2.22. The van der Waals surface area contributed by atoms with E-state index in [2.05, 4.69) is 5.32 Å². The highest BCUT2D eigenvalue weighted by molar-refractivity contribution is 7.99. The Labute approximate surface area is 123 Å². The normalized spacial score (nSPS) is 12.8. The molecule has 20 heavy (non-hydrogen) atoms. The van der Waals surface area contributed by atoms with Gasteiger partial charge in [0.2, 0.25) is 11.8 Å². The van der Waals surface area contributed by atoms with E-state index in [0.717, 1.165) is 0 Å². The zero-order chi connectivity index (χ0) is 15.8. The van der Waals surface area contributed by atoms with Crippen molar-refractivity contribution in [2.45, 2.75) is 46.1 Å². The van der Waals surface area contributed by atoms with Crippen LogP contribution in [0.4, 0.5) is 0 Å². The molecule has 0 aliphatic rings. The fraction of sp³-hybridized carbons (Fsp3) is 0.769. The van der Waals surface area contributed by atoms with E-state index in [9.17, 15) is 14.4 Å². The minimum atomic E-state index is -0.928. The van der Waals surface area contributed by atoms with E-state index in [1.54, 1.807) is 0 Å². The maximum atomic E-state index is 11.7. The summed E-state index contributed by atoms with van der Waals surface area (Å²) >= 11 is 1.29. The van der Waals surface area contributed by atoms with Gasteiger partial charge in [0.05, 0.1) is 12.2 Å². The molecule has 1 unspecified atom stereocenters. The van der Waals surface area contributed by atoms with Crippen molar-refractivity contribution in [3.63, 3.8) is 0 Å². The maximum absolute atomic E-state index is 11.7. The van der Waals surface area contributed by atoms with E-state index >= 15 is 0 Å². The number of aliphatic carboxylic acids is 1. The number of carbonyl (C=O) groups excluding carboxylic acids is 2. The number of hydrogen-bond acceptors (Lipinski definition) is 4. The van der Waals surface area contributed by atoms with Crippen molar-refractivity contribution < 1.29 is 19.5 Å². The first-order valence-electron chi connectivity index (χ1n) is 6.47. The third-order valence-electron chi connectivity index (χ3n) is 2.36. The molecule has 0 aliphatic heterocycles. The monoisotopic (exact) mass is 304 g/mol. The summed E-state index contributed by atoms with van der Waals surface area (Å²) in [7, 11) is 0. The Hall–Kier alpha value is -1.24. The van der Waals surface area contributed by atoms with Crippen molar-refractivity contribution in [3.05, 3.63) is 0 Å². The zero-order valence-electron chi connectivity index (χ0n) is 12.3. The molecule has 0 fully saturated rings. The Bertz CT molecular complexity index is 353. The van der Waals surface area contributed by atoms with Crippen molar-refractivity contribution in [2.24, 2.45) is 11.1 Å². The lowest BCUT2D eigenvalue weighted by atomic mass is 9.87. The molecular formula is C13H24N2O4S. The molecule has 7 heteroatoms. The molecule has 6 nitrogen and oxygen atoms in total. The van der Waals surface area contributed by atoms with Crippen molar-refractivity contribution in [1.29, 1.82) is 0 Å². The Morgan fingerprint density at radius 1 is 1.30 bits per heavy atom. The number of nitrogens with two attached hydrogens (primary N) is 1. The predicted molar refractivity (Wildman–Crippen MR) is 79.4 cm³/mol. The number of carbonyl (C=O) groups is 3. The van der Waals surface area contributed by atoms with Crippen LogP contribution >= 0.6 is 11.8 Å². The van der Waals surface area contributed by atoms with Gasteiger partial charge in [-0.25, -0.2) is 0 Å². The minimum Gasteiger partial charge on any atom is -0.481 e. The first-order valence-corrected chi connectivity index (χ1v) is 7.63. The van der Waals surface area contributed by atoms with Gasteiger partial charge < -0.3 is 16.2 Å². The second-order valence-electron chi connectivity index (χ2n) is 5.90. The third-order valence-corrected chi connectivity index (χ3v) is 3.34. The number of nitrogens with one attached hydrogen (secondary N) is 1. The molecule has 1 atom stereocenters. The average Bonchev–Trinajstić information content (AvgIpc) is 2.20. The average molecular weight is 304 g/mol. The standard InChI is InChI=1S/C13H24N2O4S/c1-13(2,3)7-9(6-12(18)19)15-11(17)4-5-20-8-10(14)16/h9H,4-8H2,1-3H3,(H2,14,16)(H,15,17)(H,18,19). The van der Waals surface area contributed by atoms with Gasteiger partial charge in [-0.3, -0.25) is 14.4 Å². The fourth-order valence-corrected chi connectivity index (χ4v) is 2.44. The Morgan fingerprint density at radius 3 is 2.35 bits per heavy atom. The van der Waals surface area contributed by atoms with Gasteiger partial charge in [0.15, 0.2) is 0 Å². The predicted octanol–water partition coefficient (Wildman–Crippen LogP) is 0.991. The van der Waals surface area contributed by atoms with Crippen LogP contribution in [0.1, 0.15) is 40.0 Å². The molecule has 0 rings (SSSR count). The quantitative estimate of drug-likeness (QED) is 0.550. The molecule has 0 bridgehead atoms. The summed E-state index contributed by atoms with van der Waals surface area (Å²) in [4.78, 5) is 33.1. The first-order chi connectivity index (χ1) is 9.10. The molecule has 2 amide bonds. The van der Waals surface area contributed by atoms with Crippen LogP contribution < -0.4 is 11.1 Å². The fourth-order valence-electron chi connectivity index (χ4n) is 1.76. The highest BCUT2D eigenvalue weighted by atomic mass is 32.2. The lowest BCUT2D eigenvalue weighted by Gasteiger charge is -2.25. The molecule has 0 aromatic heterocycles. The van der Waals surface area contributed by atoms with Gasteiger partial charge >= 0.3 is 5.97 Å². The van der Waals surface area contributed by atoms with Gasteiger partial charge in [0, 0.05) is 18.2 Å². The number of thioether (sulfide) groups is 1. The van der Waals surface area contributed by atoms with E-state index in [4.69, 9.17) is 10.8 Å². The van der Waals surface area contributed by atoms with Crippen LogP contribution in [0.2, 0.25) is 0 Å². The van der Waals surface area contributed by atoms with Crippen LogP contribution in [0.3, 0.4) is 0 Å². The Balaban J connectivity index is 4.18. The van der Waals surface area contributed by atoms with Crippen molar-refractivity contribution in [1.82, 2.24) is 5.32 Å². The molecule has 0 aromatic carbocycles. The van der Waals surface area contributed by atoms with Gasteiger partial charge in [-0.05, 0) is 11.8 Å². The molecule has 0 aromatic rings. The molecule has 4 N–H and O–H groups in total. The maximum Gasteiger partial charge on any atom is 0.305 e. The van der Waals surface area contributed by atoms with Crippen molar-refractivity contribution in [3.8, 4) is 0 Å². The van der Waals surface area contributed by atoms with E-state index < -0.39 is 11.9 Å². The lowest BCUT2D eigenvalue weighted by molar-refractivity contribution is -0.138. The number of hydrogen-bond donors (Lipinski definition) is 3. The van der Waals surface area contributed by atoms with Crippen molar-refractivity contribution in [2.75, 3.05) is 11.5 Å². The van der Waals surface area contributed by atoms with Gasteiger partial charge in [-0.1, -0.05) is 20.8 Å². The summed E-state index contributed by atoms with van der Waals surface area (Å²) in [6, 6.07) is -0.374. The molecule has 0 saturated carbocycles. The van der Waals surface area contributed by atoms with Crippen molar-refractivity contribution >= 4 is 29.5 Å². The Kier molecular flexibility index (Phi) is 8.29. The largest absolute Gasteiger partial charge is 0.481 e. The SMILES string of the molecule is CC(C)(C)CC(CC(=O)O)NC(=O)CCSCC(N)=O. The summed E-state index contributed by atoms with van der Waals surface area (Å²) in [5.41, 5.74) is 4.93. The summed E-state index contributed by atoms with van der Waals surface area (Å²) in [5.74, 6) is -0.857. The van der Waals surface area contributed by atoms with Gasteiger partial charge in [0.1, 0.15) is 0 Å². The molecule has 0 heterocycles. The second kappa shape index (κ2) is 8.84. The van der Waals surface area contributed by atoms with Gasteiger partial charge in [-0.2, -0.15) is 11.8 Å². The number of carboxylic acids is 1. The van der Waals surface area contributed by atoms with E-state index in [1.165, 1.54) is 11.8 Å². The molecule has 0 radical (unpaired) electrons. The van der Waals surface area contributed by atoms with Crippen LogP contribution in [0.15, 0.2) is 0 Å². The van der Waals surface area contributed by atoms with E-state index in [1.807, 2.05) is 20.8 Å². The highest BCUT2D eigenvalue weighted by Crippen LogP contribution is 2.22. The summed E-state index contributed by atoms with van der Waals surface area (Å²) < 4.78 is 0. The second-order valence-corrected chi connectivity index (χ2v) is 7.00. The molecular weight excluding hydrogens is 280 g/mol.